The van der Waals surface area contributed by atoms with Gasteiger partial charge in [0.05, 0.1) is 42.2 Å². The van der Waals surface area contributed by atoms with E-state index in [0.29, 0.717) is 23.4 Å². The zero-order chi connectivity index (χ0) is 24.4. The quantitative estimate of drug-likeness (QED) is 0.370. The fraction of sp³-hybridized carbons (Fsp3) is 0.320. The van der Waals surface area contributed by atoms with Gasteiger partial charge in [-0.2, -0.15) is 10.4 Å². The highest BCUT2D eigenvalue weighted by Crippen LogP contribution is 2.40. The van der Waals surface area contributed by atoms with Crippen molar-refractivity contribution < 1.29 is 4.74 Å². The van der Waals surface area contributed by atoms with Crippen LogP contribution < -0.4 is 0 Å². The SMILES string of the molecule is [C-]#[N+]c1ccccc1Sc1cc(-c2nnn(C3CCN(C)CC3)c2COC)cn2ncc(C#N)c12. The number of hydrogen-bond donors (Lipinski definition) is 0. The summed E-state index contributed by atoms with van der Waals surface area (Å²) in [7, 11) is 3.81. The minimum Gasteiger partial charge on any atom is -0.378 e. The molecule has 35 heavy (non-hydrogen) atoms. The molecule has 0 unspecified atom stereocenters. The van der Waals surface area contributed by atoms with Crippen molar-refractivity contribution in [3.05, 3.63) is 65.4 Å². The standard InChI is InChI=1S/C25H24N8OS/c1-27-20-6-4-5-7-22(20)35-23-12-17(15-32-25(23)18(13-26)14-28-32)24-21(16-34-3)33(30-29-24)19-8-10-31(2)11-9-19/h4-7,12,14-15,19H,8-11,16H2,2-3H3. The molecule has 0 radical (unpaired) electrons. The fourth-order valence-electron chi connectivity index (χ4n) is 4.47. The van der Waals surface area contributed by atoms with Crippen LogP contribution in [0, 0.1) is 17.9 Å². The molecule has 10 heteroatoms. The van der Waals surface area contributed by atoms with E-state index in [1.165, 1.54) is 11.8 Å². The first-order valence-electron chi connectivity index (χ1n) is 11.3. The molecule has 4 heterocycles. The van der Waals surface area contributed by atoms with Crippen molar-refractivity contribution in [2.24, 2.45) is 0 Å². The Balaban J connectivity index is 1.63. The molecule has 9 nitrogen and oxygen atoms in total. The summed E-state index contributed by atoms with van der Waals surface area (Å²) in [5, 5.41) is 23.2. The van der Waals surface area contributed by atoms with Crippen LogP contribution in [-0.2, 0) is 11.3 Å². The van der Waals surface area contributed by atoms with Gasteiger partial charge in [0, 0.05) is 28.7 Å². The molecular formula is C25H24N8OS. The molecular weight excluding hydrogens is 460 g/mol. The molecule has 176 valence electrons. The van der Waals surface area contributed by atoms with Crippen molar-refractivity contribution in [2.75, 3.05) is 27.2 Å². The minimum atomic E-state index is 0.274. The molecule has 0 bridgehead atoms. The zero-order valence-corrected chi connectivity index (χ0v) is 20.4. The van der Waals surface area contributed by atoms with Crippen LogP contribution in [0.4, 0.5) is 5.69 Å². The van der Waals surface area contributed by atoms with E-state index in [4.69, 9.17) is 11.3 Å². The summed E-state index contributed by atoms with van der Waals surface area (Å²) in [5.41, 5.74) is 4.24. The average Bonchev–Trinajstić information content (AvgIpc) is 3.49. The highest BCUT2D eigenvalue weighted by Gasteiger charge is 2.25. The monoisotopic (exact) mass is 484 g/mol. The van der Waals surface area contributed by atoms with E-state index >= 15 is 0 Å². The van der Waals surface area contributed by atoms with Gasteiger partial charge in [0.25, 0.3) is 0 Å². The van der Waals surface area contributed by atoms with E-state index in [-0.39, 0.29) is 6.04 Å². The number of likely N-dealkylation sites (tertiary alicyclic amines) is 1. The maximum Gasteiger partial charge on any atom is 0.200 e. The van der Waals surface area contributed by atoms with Crippen molar-refractivity contribution in [3.63, 3.8) is 0 Å². The number of fused-ring (bicyclic) bond motifs is 1. The van der Waals surface area contributed by atoms with Crippen LogP contribution in [0.25, 0.3) is 21.6 Å². The number of ether oxygens (including phenoxy) is 1. The molecule has 1 aromatic carbocycles. The second-order valence-corrected chi connectivity index (χ2v) is 9.62. The average molecular weight is 485 g/mol. The topological polar surface area (TPSA) is 88.6 Å². The van der Waals surface area contributed by atoms with Crippen molar-refractivity contribution in [1.29, 1.82) is 5.26 Å². The maximum absolute atomic E-state index is 9.68. The summed E-state index contributed by atoms with van der Waals surface area (Å²) in [5.74, 6) is 0. The summed E-state index contributed by atoms with van der Waals surface area (Å²) in [4.78, 5) is 7.62. The lowest BCUT2D eigenvalue weighted by atomic mass is 10.0. The van der Waals surface area contributed by atoms with Crippen LogP contribution in [0.3, 0.4) is 0 Å². The first kappa shape index (κ1) is 23.1. The number of piperidine rings is 1. The lowest BCUT2D eigenvalue weighted by Gasteiger charge is -2.29. The molecule has 0 amide bonds. The summed E-state index contributed by atoms with van der Waals surface area (Å²) in [6, 6.07) is 12.0. The summed E-state index contributed by atoms with van der Waals surface area (Å²) in [6.45, 7) is 9.95. The molecule has 0 spiro atoms. The Bertz CT molecular complexity index is 1450. The molecule has 4 aromatic rings. The minimum absolute atomic E-state index is 0.274. The van der Waals surface area contributed by atoms with E-state index in [9.17, 15) is 5.26 Å². The number of nitrogens with zero attached hydrogens (tertiary/aromatic N) is 8. The fourth-order valence-corrected chi connectivity index (χ4v) is 5.56. The number of nitriles is 1. The lowest BCUT2D eigenvalue weighted by Crippen LogP contribution is -2.32. The number of methoxy groups -OCH3 is 1. The lowest BCUT2D eigenvalue weighted by molar-refractivity contribution is 0.163. The van der Waals surface area contributed by atoms with E-state index in [1.807, 2.05) is 35.1 Å². The van der Waals surface area contributed by atoms with Crippen LogP contribution in [0.1, 0.15) is 30.1 Å². The summed E-state index contributed by atoms with van der Waals surface area (Å²) in [6.07, 6.45) is 5.46. The van der Waals surface area contributed by atoms with Crippen LogP contribution in [0.2, 0.25) is 0 Å². The number of para-hydroxylation sites is 1. The van der Waals surface area contributed by atoms with Gasteiger partial charge in [0.1, 0.15) is 11.8 Å². The van der Waals surface area contributed by atoms with Gasteiger partial charge in [-0.15, -0.1) is 5.10 Å². The molecule has 5 rings (SSSR count). The number of hydrogen-bond acceptors (Lipinski definition) is 7. The van der Waals surface area contributed by atoms with E-state index in [1.54, 1.807) is 23.9 Å². The molecule has 1 aliphatic rings. The molecule has 0 atom stereocenters. The van der Waals surface area contributed by atoms with Crippen molar-refractivity contribution in [2.45, 2.75) is 35.3 Å². The largest absolute Gasteiger partial charge is 0.378 e. The van der Waals surface area contributed by atoms with Gasteiger partial charge in [-0.3, -0.25) is 0 Å². The molecule has 1 saturated heterocycles. The third-order valence-electron chi connectivity index (χ3n) is 6.28. The Morgan fingerprint density at radius 2 is 2.06 bits per heavy atom. The normalized spacial score (nSPS) is 14.7. The second kappa shape index (κ2) is 9.88. The highest BCUT2D eigenvalue weighted by molar-refractivity contribution is 7.99. The van der Waals surface area contributed by atoms with Crippen LogP contribution in [0.5, 0.6) is 0 Å². The van der Waals surface area contributed by atoms with Crippen molar-refractivity contribution in [3.8, 4) is 17.3 Å². The highest BCUT2D eigenvalue weighted by atomic mass is 32.2. The maximum atomic E-state index is 9.68. The van der Waals surface area contributed by atoms with Crippen molar-refractivity contribution in [1.82, 2.24) is 29.5 Å². The Hall–Kier alpha value is -3.70. The predicted octanol–water partition coefficient (Wildman–Crippen LogP) is 4.58. The smallest absolute Gasteiger partial charge is 0.200 e. The van der Waals surface area contributed by atoms with Crippen LogP contribution in [0.15, 0.2) is 52.5 Å². The van der Waals surface area contributed by atoms with Gasteiger partial charge >= 0.3 is 0 Å². The number of aromatic nitrogens is 5. The summed E-state index contributed by atoms with van der Waals surface area (Å²) < 4.78 is 9.28. The molecule has 1 aliphatic heterocycles. The van der Waals surface area contributed by atoms with E-state index in [2.05, 4.69) is 38.3 Å². The first-order valence-corrected chi connectivity index (χ1v) is 12.1. The number of pyridine rings is 1. The Morgan fingerprint density at radius 3 is 2.80 bits per heavy atom. The van der Waals surface area contributed by atoms with Gasteiger partial charge in [0.2, 0.25) is 5.69 Å². The molecule has 1 fully saturated rings. The van der Waals surface area contributed by atoms with Crippen molar-refractivity contribution >= 4 is 23.0 Å². The van der Waals surface area contributed by atoms with Gasteiger partial charge < -0.3 is 9.64 Å². The van der Waals surface area contributed by atoms with E-state index < -0.39 is 0 Å². The third-order valence-corrected chi connectivity index (χ3v) is 7.38. The van der Waals surface area contributed by atoms with E-state index in [0.717, 1.165) is 52.7 Å². The number of benzene rings is 1. The summed E-state index contributed by atoms with van der Waals surface area (Å²) >= 11 is 1.45. The Kier molecular flexibility index (Phi) is 6.51. The molecule has 0 saturated carbocycles. The Labute approximate surface area is 207 Å². The predicted molar refractivity (Wildman–Crippen MR) is 132 cm³/mol. The second-order valence-electron chi connectivity index (χ2n) is 8.53. The van der Waals surface area contributed by atoms with Gasteiger partial charge in [-0.1, -0.05) is 41.2 Å². The third kappa shape index (κ3) is 4.40. The van der Waals surface area contributed by atoms with Gasteiger partial charge in [0.15, 0.2) is 0 Å². The molecule has 3 aromatic heterocycles. The molecule has 0 N–H and O–H groups in total. The van der Waals surface area contributed by atoms with Crippen LogP contribution in [-0.4, -0.2) is 56.8 Å². The first-order chi connectivity index (χ1) is 17.1. The Morgan fingerprint density at radius 1 is 1.26 bits per heavy atom. The van der Waals surface area contributed by atoms with Crippen LogP contribution >= 0.6 is 11.8 Å². The molecule has 0 aliphatic carbocycles. The number of rotatable bonds is 6. The zero-order valence-electron chi connectivity index (χ0n) is 19.5. The van der Waals surface area contributed by atoms with Gasteiger partial charge in [-0.05, 0) is 39.0 Å². The van der Waals surface area contributed by atoms with Gasteiger partial charge in [-0.25, -0.2) is 14.0 Å².